The second-order valence-electron chi connectivity index (χ2n) is 3.77. The maximum absolute atomic E-state index is 8.81. The molecule has 16 heavy (non-hydrogen) atoms. The van der Waals surface area contributed by atoms with Gasteiger partial charge in [0.05, 0.1) is 12.8 Å². The molecule has 90 valence electrons. The summed E-state index contributed by atoms with van der Waals surface area (Å²) in [6.45, 7) is 4.33. The number of ether oxygens (including phenoxy) is 1. The fraction of sp³-hybridized carbons (Fsp3) is 0.583. The molecule has 0 aliphatic rings. The van der Waals surface area contributed by atoms with Crippen LogP contribution in [0.1, 0.15) is 24.7 Å². The molecule has 0 saturated carbocycles. The van der Waals surface area contributed by atoms with Gasteiger partial charge in [-0.25, -0.2) is 0 Å². The summed E-state index contributed by atoms with van der Waals surface area (Å²) in [6, 6.07) is 3.89. The number of pyridine rings is 1. The monoisotopic (exact) mass is 241 g/mol. The number of aliphatic hydroxyl groups is 1. The van der Waals surface area contributed by atoms with Crippen LogP contribution in [0.5, 0.6) is 5.75 Å². The molecule has 0 aliphatic carbocycles. The van der Waals surface area contributed by atoms with Gasteiger partial charge in [0.15, 0.2) is 0 Å². The lowest BCUT2D eigenvalue weighted by Gasteiger charge is -2.10. The normalized spacial score (nSPS) is 12.5. The van der Waals surface area contributed by atoms with E-state index in [4.69, 9.17) is 9.84 Å². The third-order valence-electron chi connectivity index (χ3n) is 2.27. The Morgan fingerprint density at radius 3 is 2.88 bits per heavy atom. The molecule has 1 unspecified atom stereocenters. The van der Waals surface area contributed by atoms with Crippen molar-refractivity contribution >= 4 is 11.8 Å². The van der Waals surface area contributed by atoms with Gasteiger partial charge in [0.2, 0.25) is 0 Å². The van der Waals surface area contributed by atoms with Gasteiger partial charge in [-0.3, -0.25) is 4.98 Å². The van der Waals surface area contributed by atoms with E-state index in [0.717, 1.165) is 29.3 Å². The van der Waals surface area contributed by atoms with Crippen LogP contribution in [0.4, 0.5) is 0 Å². The lowest BCUT2D eigenvalue weighted by Crippen LogP contribution is -2.01. The first-order valence-electron chi connectivity index (χ1n) is 5.39. The zero-order chi connectivity index (χ0) is 12.0. The Bertz CT molecular complexity index is 331. The number of aromatic nitrogens is 1. The molecule has 0 bridgehead atoms. The van der Waals surface area contributed by atoms with Crippen molar-refractivity contribution in [3.05, 3.63) is 23.5 Å². The highest BCUT2D eigenvalue weighted by Gasteiger charge is 2.05. The predicted molar refractivity (Wildman–Crippen MR) is 68.0 cm³/mol. The van der Waals surface area contributed by atoms with Gasteiger partial charge in [-0.1, -0.05) is 6.92 Å². The number of hydrogen-bond donors (Lipinski definition) is 1. The minimum absolute atomic E-state index is 0.249. The van der Waals surface area contributed by atoms with Gasteiger partial charge >= 0.3 is 0 Å². The summed E-state index contributed by atoms with van der Waals surface area (Å²) in [5.74, 6) is 1.72. The average molecular weight is 241 g/mol. The van der Waals surface area contributed by atoms with E-state index in [1.807, 2.05) is 19.1 Å². The quantitative estimate of drug-likeness (QED) is 0.830. The first-order valence-corrected chi connectivity index (χ1v) is 6.44. The third kappa shape index (κ3) is 4.41. The van der Waals surface area contributed by atoms with Crippen LogP contribution in [-0.4, -0.2) is 29.1 Å². The van der Waals surface area contributed by atoms with Gasteiger partial charge in [0, 0.05) is 35.4 Å². The van der Waals surface area contributed by atoms with Crippen molar-refractivity contribution in [1.29, 1.82) is 0 Å². The lowest BCUT2D eigenvalue weighted by molar-refractivity contribution is 0.289. The summed E-state index contributed by atoms with van der Waals surface area (Å²) < 4.78 is 5.20. The highest BCUT2D eigenvalue weighted by atomic mass is 32.2. The molecule has 1 heterocycles. The first kappa shape index (κ1) is 13.3. The van der Waals surface area contributed by atoms with Gasteiger partial charge in [-0.2, -0.15) is 11.8 Å². The van der Waals surface area contributed by atoms with Gasteiger partial charge < -0.3 is 9.84 Å². The number of nitrogens with zero attached hydrogens (tertiary/aromatic N) is 1. The fourth-order valence-corrected chi connectivity index (χ4v) is 2.26. The molecule has 0 aromatic carbocycles. The minimum Gasteiger partial charge on any atom is -0.497 e. The summed E-state index contributed by atoms with van der Waals surface area (Å²) in [5.41, 5.74) is 2.01. The third-order valence-corrected chi connectivity index (χ3v) is 3.53. The largest absolute Gasteiger partial charge is 0.497 e. The van der Waals surface area contributed by atoms with Crippen LogP contribution in [0.15, 0.2) is 12.1 Å². The fourth-order valence-electron chi connectivity index (χ4n) is 1.39. The van der Waals surface area contributed by atoms with Crippen LogP contribution in [0.25, 0.3) is 0 Å². The van der Waals surface area contributed by atoms with Crippen molar-refractivity contribution in [2.24, 2.45) is 0 Å². The van der Waals surface area contributed by atoms with Crippen molar-refractivity contribution in [2.75, 3.05) is 13.7 Å². The Balaban J connectivity index is 2.56. The Labute approximate surface area is 101 Å². The molecule has 0 aliphatic heterocycles. The summed E-state index contributed by atoms with van der Waals surface area (Å²) in [6.07, 6.45) is 0.827. The van der Waals surface area contributed by atoms with E-state index in [2.05, 4.69) is 11.9 Å². The number of aryl methyl sites for hydroxylation is 1. The van der Waals surface area contributed by atoms with Gasteiger partial charge in [0.1, 0.15) is 5.75 Å². The van der Waals surface area contributed by atoms with Crippen LogP contribution >= 0.6 is 11.8 Å². The molecule has 0 spiro atoms. The first-order chi connectivity index (χ1) is 7.65. The second kappa shape index (κ2) is 6.76. The summed E-state index contributed by atoms with van der Waals surface area (Å²) in [7, 11) is 1.67. The number of methoxy groups -OCH3 is 1. The van der Waals surface area contributed by atoms with Gasteiger partial charge in [-0.05, 0) is 13.3 Å². The Kier molecular flexibility index (Phi) is 5.63. The molecular weight excluding hydrogens is 222 g/mol. The molecule has 1 N–H and O–H groups in total. The van der Waals surface area contributed by atoms with E-state index in [1.165, 1.54) is 0 Å². The highest BCUT2D eigenvalue weighted by Crippen LogP contribution is 2.21. The molecular formula is C12H19NO2S. The van der Waals surface area contributed by atoms with Crippen LogP contribution in [0.3, 0.4) is 0 Å². The van der Waals surface area contributed by atoms with Crippen LogP contribution in [0.2, 0.25) is 0 Å². The molecule has 0 saturated heterocycles. The summed E-state index contributed by atoms with van der Waals surface area (Å²) in [4.78, 5) is 4.45. The van der Waals surface area contributed by atoms with E-state index in [-0.39, 0.29) is 6.61 Å². The number of hydrogen-bond acceptors (Lipinski definition) is 4. The number of aliphatic hydroxyl groups excluding tert-OH is 1. The molecule has 4 heteroatoms. The minimum atomic E-state index is 0.249. The molecule has 0 amide bonds. The average Bonchev–Trinajstić information content (AvgIpc) is 2.26. The molecule has 0 fully saturated rings. The van der Waals surface area contributed by atoms with Crippen molar-refractivity contribution in [1.82, 2.24) is 4.98 Å². The molecule has 1 aromatic heterocycles. The van der Waals surface area contributed by atoms with Crippen LogP contribution < -0.4 is 4.74 Å². The smallest absolute Gasteiger partial charge is 0.122 e. The van der Waals surface area contributed by atoms with Crippen LogP contribution in [0, 0.1) is 6.92 Å². The number of thioether (sulfide) groups is 1. The van der Waals surface area contributed by atoms with E-state index >= 15 is 0 Å². The standard InChI is InChI=1S/C12H19NO2S/c1-9-6-12(15-3)7-11(13-9)8-16-10(2)4-5-14/h6-7,10,14H,4-5,8H2,1-3H3. The molecule has 3 nitrogen and oxygen atoms in total. The van der Waals surface area contributed by atoms with E-state index < -0.39 is 0 Å². The second-order valence-corrected chi connectivity index (χ2v) is 5.20. The maximum atomic E-state index is 8.81. The molecule has 1 aromatic rings. The summed E-state index contributed by atoms with van der Waals surface area (Å²) >= 11 is 1.80. The zero-order valence-electron chi connectivity index (χ0n) is 10.1. The summed E-state index contributed by atoms with van der Waals surface area (Å²) in [5, 5.41) is 9.27. The SMILES string of the molecule is COc1cc(C)nc(CSC(C)CCO)c1. The molecule has 1 rings (SSSR count). The highest BCUT2D eigenvalue weighted by molar-refractivity contribution is 7.99. The van der Waals surface area contributed by atoms with Gasteiger partial charge in [0.25, 0.3) is 0 Å². The topological polar surface area (TPSA) is 42.4 Å². The van der Waals surface area contributed by atoms with E-state index in [1.54, 1.807) is 18.9 Å². The van der Waals surface area contributed by atoms with Crippen molar-refractivity contribution in [3.63, 3.8) is 0 Å². The van der Waals surface area contributed by atoms with Gasteiger partial charge in [-0.15, -0.1) is 0 Å². The Morgan fingerprint density at radius 2 is 2.25 bits per heavy atom. The Morgan fingerprint density at radius 1 is 1.50 bits per heavy atom. The maximum Gasteiger partial charge on any atom is 0.122 e. The predicted octanol–water partition coefficient (Wildman–Crippen LogP) is 2.40. The zero-order valence-corrected chi connectivity index (χ0v) is 10.9. The molecule has 0 radical (unpaired) electrons. The van der Waals surface area contributed by atoms with Crippen molar-refractivity contribution in [2.45, 2.75) is 31.3 Å². The van der Waals surface area contributed by atoms with E-state index in [9.17, 15) is 0 Å². The van der Waals surface area contributed by atoms with Crippen LogP contribution in [-0.2, 0) is 5.75 Å². The van der Waals surface area contributed by atoms with Crippen molar-refractivity contribution < 1.29 is 9.84 Å². The number of rotatable bonds is 6. The lowest BCUT2D eigenvalue weighted by atomic mass is 10.3. The van der Waals surface area contributed by atoms with E-state index in [0.29, 0.717) is 5.25 Å². The molecule has 1 atom stereocenters. The Hall–Kier alpha value is -0.740. The van der Waals surface area contributed by atoms with Crippen molar-refractivity contribution in [3.8, 4) is 5.75 Å².